The van der Waals surface area contributed by atoms with E-state index in [1.54, 1.807) is 6.07 Å². The number of alkyl halides is 3. The summed E-state index contributed by atoms with van der Waals surface area (Å²) >= 11 is 0. The molecule has 6 nitrogen and oxygen atoms in total. The van der Waals surface area contributed by atoms with Gasteiger partial charge in [-0.05, 0) is 56.6 Å². The number of amides is 1. The maximum absolute atomic E-state index is 11.8. The molecular formula is C22H27F3N4O2. The van der Waals surface area contributed by atoms with Crippen molar-refractivity contribution in [2.75, 3.05) is 25.4 Å². The van der Waals surface area contributed by atoms with Gasteiger partial charge in [-0.3, -0.25) is 19.5 Å². The lowest BCUT2D eigenvalue weighted by Crippen LogP contribution is -2.40. The minimum absolute atomic E-state index is 0.118. The van der Waals surface area contributed by atoms with E-state index in [1.807, 2.05) is 19.1 Å². The number of aldehydes is 1. The summed E-state index contributed by atoms with van der Waals surface area (Å²) in [6, 6.07) is 9.23. The van der Waals surface area contributed by atoms with Gasteiger partial charge >= 0.3 is 6.18 Å². The van der Waals surface area contributed by atoms with Crippen LogP contribution in [-0.4, -0.2) is 41.7 Å². The van der Waals surface area contributed by atoms with Crippen LogP contribution in [0.15, 0.2) is 42.6 Å². The van der Waals surface area contributed by atoms with E-state index in [2.05, 4.69) is 15.2 Å². The number of nitrogens with zero attached hydrogens (tertiary/aromatic N) is 2. The summed E-state index contributed by atoms with van der Waals surface area (Å²) < 4.78 is 35.2. The molecule has 1 aliphatic heterocycles. The maximum atomic E-state index is 11.8. The average Bonchev–Trinajstić information content (AvgIpc) is 2.75. The van der Waals surface area contributed by atoms with Crippen LogP contribution in [0.2, 0.25) is 0 Å². The first-order valence-corrected chi connectivity index (χ1v) is 10.1. The van der Waals surface area contributed by atoms with Crippen molar-refractivity contribution < 1.29 is 22.8 Å². The van der Waals surface area contributed by atoms with Crippen molar-refractivity contribution in [1.29, 1.82) is 0 Å². The van der Waals surface area contributed by atoms with Crippen LogP contribution >= 0.6 is 0 Å². The Bertz CT molecular complexity index is 852. The van der Waals surface area contributed by atoms with Crippen molar-refractivity contribution in [3.05, 3.63) is 59.4 Å². The van der Waals surface area contributed by atoms with Gasteiger partial charge in [0.1, 0.15) is 5.69 Å². The standard InChI is InChI=1S/C16H23N3O2.C6H4F3N/c1-2-18-16(21)12-6-8-19(9-7-12)10-13-4-3-5-15(17)14(13)11-20;7-6(8,9)5-3-1-2-4-10-5/h3-5,11-12H,2,6-10,17H2,1H3,(H,18,21);1-4H. The van der Waals surface area contributed by atoms with Gasteiger partial charge in [0.15, 0.2) is 6.29 Å². The number of hydrogen-bond donors (Lipinski definition) is 2. The van der Waals surface area contributed by atoms with Crippen molar-refractivity contribution in [2.24, 2.45) is 5.92 Å². The van der Waals surface area contributed by atoms with Crippen LogP contribution in [0, 0.1) is 5.92 Å². The van der Waals surface area contributed by atoms with E-state index in [0.717, 1.165) is 50.0 Å². The second kappa shape index (κ2) is 11.5. The van der Waals surface area contributed by atoms with Crippen molar-refractivity contribution in [2.45, 2.75) is 32.5 Å². The first kappa shape index (κ1) is 24.3. The fourth-order valence-electron chi connectivity index (χ4n) is 3.36. The van der Waals surface area contributed by atoms with Crippen molar-refractivity contribution in [3.63, 3.8) is 0 Å². The molecule has 1 aromatic heterocycles. The molecule has 1 aliphatic rings. The summed E-state index contributed by atoms with van der Waals surface area (Å²) in [7, 11) is 0. The topological polar surface area (TPSA) is 88.3 Å². The number of carbonyl (C=O) groups is 2. The Morgan fingerprint density at radius 2 is 1.94 bits per heavy atom. The molecule has 0 aliphatic carbocycles. The number of rotatable bonds is 5. The number of halogens is 3. The highest BCUT2D eigenvalue weighted by Gasteiger charge is 2.31. The molecule has 31 heavy (non-hydrogen) atoms. The Labute approximate surface area is 179 Å². The first-order chi connectivity index (χ1) is 14.8. The summed E-state index contributed by atoms with van der Waals surface area (Å²) in [4.78, 5) is 28.4. The normalized spacial score (nSPS) is 15.0. The van der Waals surface area contributed by atoms with E-state index in [4.69, 9.17) is 5.73 Å². The summed E-state index contributed by atoms with van der Waals surface area (Å²) in [6.07, 6.45) is -0.647. The molecule has 2 aromatic rings. The molecule has 2 heterocycles. The second-order valence-corrected chi connectivity index (χ2v) is 7.20. The lowest BCUT2D eigenvalue weighted by molar-refractivity contribution is -0.141. The van der Waals surface area contributed by atoms with Crippen LogP contribution in [0.25, 0.3) is 0 Å². The molecule has 9 heteroatoms. The van der Waals surface area contributed by atoms with Gasteiger partial charge in [0.2, 0.25) is 5.91 Å². The van der Waals surface area contributed by atoms with E-state index in [9.17, 15) is 22.8 Å². The van der Waals surface area contributed by atoms with Crippen LogP contribution < -0.4 is 11.1 Å². The van der Waals surface area contributed by atoms with E-state index in [-0.39, 0.29) is 11.8 Å². The molecule has 168 valence electrons. The lowest BCUT2D eigenvalue weighted by atomic mass is 9.95. The van der Waals surface area contributed by atoms with Crippen molar-refractivity contribution in [3.8, 4) is 0 Å². The number of likely N-dealkylation sites (tertiary alicyclic amines) is 1. The highest BCUT2D eigenvalue weighted by molar-refractivity contribution is 5.85. The number of carbonyl (C=O) groups excluding carboxylic acids is 2. The Morgan fingerprint density at radius 1 is 1.23 bits per heavy atom. The molecule has 3 N–H and O–H groups in total. The van der Waals surface area contributed by atoms with Crippen molar-refractivity contribution in [1.82, 2.24) is 15.2 Å². The van der Waals surface area contributed by atoms with Gasteiger partial charge in [-0.25, -0.2) is 0 Å². The number of hydrogen-bond acceptors (Lipinski definition) is 5. The molecule has 0 bridgehead atoms. The predicted octanol–water partition coefficient (Wildman–Crippen LogP) is 3.53. The molecule has 0 saturated carbocycles. The molecule has 1 amide bonds. The summed E-state index contributed by atoms with van der Waals surface area (Å²) in [6.45, 7) is 5.07. The van der Waals surface area contributed by atoms with E-state index in [1.165, 1.54) is 12.1 Å². The Morgan fingerprint density at radius 3 is 2.45 bits per heavy atom. The third-order valence-electron chi connectivity index (χ3n) is 5.01. The van der Waals surface area contributed by atoms with Gasteiger partial charge < -0.3 is 11.1 Å². The summed E-state index contributed by atoms with van der Waals surface area (Å²) in [5, 5.41) is 2.89. The zero-order chi connectivity index (χ0) is 22.9. The van der Waals surface area contributed by atoms with Gasteiger partial charge in [-0.15, -0.1) is 0 Å². The molecule has 1 fully saturated rings. The molecule has 0 unspecified atom stereocenters. The Hall–Kier alpha value is -2.94. The summed E-state index contributed by atoms with van der Waals surface area (Å²) in [5.41, 5.74) is 7.05. The van der Waals surface area contributed by atoms with Crippen molar-refractivity contribution >= 4 is 17.9 Å². The number of aromatic nitrogens is 1. The SMILES string of the molecule is CCNC(=O)C1CCN(Cc2cccc(N)c2C=O)CC1.FC(F)(F)c1ccccn1. The van der Waals surface area contributed by atoms with Gasteiger partial charge in [0.25, 0.3) is 0 Å². The van der Waals surface area contributed by atoms with Gasteiger partial charge in [0.05, 0.1) is 0 Å². The third kappa shape index (κ3) is 7.36. The number of anilines is 1. The van der Waals surface area contributed by atoms with E-state index >= 15 is 0 Å². The zero-order valence-corrected chi connectivity index (χ0v) is 17.4. The predicted molar refractivity (Wildman–Crippen MR) is 112 cm³/mol. The number of pyridine rings is 1. The highest BCUT2D eigenvalue weighted by atomic mass is 19.4. The quantitative estimate of drug-likeness (QED) is 0.553. The van der Waals surface area contributed by atoms with Crippen LogP contribution in [0.3, 0.4) is 0 Å². The Balaban J connectivity index is 0.000000285. The molecule has 0 atom stereocenters. The van der Waals surface area contributed by atoms with Crippen LogP contribution in [-0.2, 0) is 17.5 Å². The van der Waals surface area contributed by atoms with Gasteiger partial charge in [-0.1, -0.05) is 18.2 Å². The first-order valence-electron chi connectivity index (χ1n) is 10.1. The second-order valence-electron chi connectivity index (χ2n) is 7.20. The van der Waals surface area contributed by atoms with Crippen LogP contribution in [0.5, 0.6) is 0 Å². The largest absolute Gasteiger partial charge is 0.433 e. The lowest BCUT2D eigenvalue weighted by Gasteiger charge is -2.31. The van der Waals surface area contributed by atoms with Gasteiger partial charge in [-0.2, -0.15) is 13.2 Å². The Kier molecular flexibility index (Phi) is 8.99. The number of benzene rings is 1. The average molecular weight is 436 g/mol. The minimum atomic E-state index is -4.32. The highest BCUT2D eigenvalue weighted by Crippen LogP contribution is 2.26. The number of piperidine rings is 1. The summed E-state index contributed by atoms with van der Waals surface area (Å²) in [5.74, 6) is 0.280. The van der Waals surface area contributed by atoms with Crippen LogP contribution in [0.1, 0.15) is 41.4 Å². The molecule has 0 radical (unpaired) electrons. The molecule has 1 saturated heterocycles. The number of nitrogens with two attached hydrogens (primary N) is 1. The molecule has 1 aromatic carbocycles. The molecule has 3 rings (SSSR count). The maximum Gasteiger partial charge on any atom is 0.433 e. The monoisotopic (exact) mass is 436 g/mol. The smallest absolute Gasteiger partial charge is 0.398 e. The minimum Gasteiger partial charge on any atom is -0.398 e. The third-order valence-corrected chi connectivity index (χ3v) is 5.01. The van der Waals surface area contributed by atoms with E-state index in [0.29, 0.717) is 24.3 Å². The number of nitrogen functional groups attached to an aromatic ring is 1. The molecule has 0 spiro atoms. The zero-order valence-electron chi connectivity index (χ0n) is 17.4. The fraction of sp³-hybridized carbons (Fsp3) is 0.409. The molecular weight excluding hydrogens is 409 g/mol. The van der Waals surface area contributed by atoms with Gasteiger partial charge in [0, 0.05) is 36.5 Å². The van der Waals surface area contributed by atoms with Crippen LogP contribution in [0.4, 0.5) is 18.9 Å². The van der Waals surface area contributed by atoms with E-state index < -0.39 is 11.9 Å². The number of nitrogens with one attached hydrogen (secondary N) is 1. The fourth-order valence-corrected chi connectivity index (χ4v) is 3.36.